The lowest BCUT2D eigenvalue weighted by Gasteiger charge is -2.32. The number of hydrogen-bond acceptors (Lipinski definition) is 4. The van der Waals surface area contributed by atoms with Gasteiger partial charge in [-0.05, 0) is 60.7 Å². The van der Waals surface area contributed by atoms with Gasteiger partial charge < -0.3 is 21.3 Å². The molecule has 2 aliphatic rings. The van der Waals surface area contributed by atoms with Gasteiger partial charge in [-0.1, -0.05) is 54.6 Å². The number of carbonyl (C=O) groups is 1. The summed E-state index contributed by atoms with van der Waals surface area (Å²) < 4.78 is 0. The van der Waals surface area contributed by atoms with Crippen molar-refractivity contribution < 1.29 is 4.79 Å². The van der Waals surface area contributed by atoms with E-state index in [4.69, 9.17) is 11.1 Å². The molecule has 6 nitrogen and oxygen atoms in total. The van der Waals surface area contributed by atoms with Crippen molar-refractivity contribution in [3.8, 4) is 0 Å². The fourth-order valence-corrected chi connectivity index (χ4v) is 5.53. The van der Waals surface area contributed by atoms with E-state index in [0.29, 0.717) is 24.6 Å². The van der Waals surface area contributed by atoms with Gasteiger partial charge in [-0.2, -0.15) is 0 Å². The van der Waals surface area contributed by atoms with E-state index in [1.54, 1.807) is 0 Å². The van der Waals surface area contributed by atoms with Crippen molar-refractivity contribution in [3.63, 3.8) is 0 Å². The third-order valence-electron chi connectivity index (χ3n) is 7.50. The summed E-state index contributed by atoms with van der Waals surface area (Å²) in [5.74, 6) is 0.135. The van der Waals surface area contributed by atoms with Crippen molar-refractivity contribution in [1.82, 2.24) is 10.6 Å². The van der Waals surface area contributed by atoms with Crippen LogP contribution in [0.3, 0.4) is 0 Å². The minimum absolute atomic E-state index is 0.0436. The van der Waals surface area contributed by atoms with Gasteiger partial charge in [0.1, 0.15) is 11.9 Å². The maximum atomic E-state index is 13.6. The number of nitrogens with zero attached hydrogens (tertiary/aromatic N) is 1. The Balaban J connectivity index is 1.44. The highest BCUT2D eigenvalue weighted by atomic mass is 16.2. The third kappa shape index (κ3) is 4.38. The number of amides is 1. The van der Waals surface area contributed by atoms with Crippen LogP contribution in [0, 0.1) is 5.41 Å². The van der Waals surface area contributed by atoms with Crippen LogP contribution in [0.25, 0.3) is 10.8 Å². The Labute approximate surface area is 201 Å². The van der Waals surface area contributed by atoms with Crippen LogP contribution in [0.5, 0.6) is 0 Å². The summed E-state index contributed by atoms with van der Waals surface area (Å²) in [5.41, 5.74) is 9.80. The van der Waals surface area contributed by atoms with Gasteiger partial charge >= 0.3 is 0 Å². The fourth-order valence-electron chi connectivity index (χ4n) is 5.53. The average molecular weight is 456 g/mol. The molecule has 1 atom stereocenters. The summed E-state index contributed by atoms with van der Waals surface area (Å²) in [6.07, 6.45) is 4.86. The first-order valence-corrected chi connectivity index (χ1v) is 12.2. The van der Waals surface area contributed by atoms with Gasteiger partial charge in [0.2, 0.25) is 5.91 Å². The van der Waals surface area contributed by atoms with E-state index in [1.165, 1.54) is 16.3 Å². The van der Waals surface area contributed by atoms with E-state index >= 15 is 0 Å². The first-order chi connectivity index (χ1) is 16.5. The van der Waals surface area contributed by atoms with Crippen molar-refractivity contribution in [2.75, 3.05) is 11.9 Å². The maximum Gasteiger partial charge on any atom is 0.243 e. The van der Waals surface area contributed by atoms with Crippen molar-refractivity contribution >= 4 is 28.2 Å². The molecule has 0 bridgehead atoms. The summed E-state index contributed by atoms with van der Waals surface area (Å²) in [7, 11) is 2.01. The molecule has 6 heteroatoms. The first-order valence-electron chi connectivity index (χ1n) is 12.2. The highest BCUT2D eigenvalue weighted by molar-refractivity contribution is 5.97. The molecular formula is C28H33N5O. The van der Waals surface area contributed by atoms with Crippen LogP contribution in [-0.2, 0) is 17.8 Å². The molecular weight excluding hydrogens is 422 g/mol. The summed E-state index contributed by atoms with van der Waals surface area (Å²) >= 11 is 0. The Hall–Kier alpha value is -3.38. The summed E-state index contributed by atoms with van der Waals surface area (Å²) in [4.78, 5) is 15.8. The molecule has 5 N–H and O–H groups in total. The average Bonchev–Trinajstić information content (AvgIpc) is 3.22. The van der Waals surface area contributed by atoms with E-state index in [2.05, 4.69) is 58.0 Å². The maximum absolute atomic E-state index is 13.6. The molecule has 1 amide bonds. The van der Waals surface area contributed by atoms with Gasteiger partial charge in [0.15, 0.2) is 0 Å². The number of amidine groups is 1. The zero-order valence-corrected chi connectivity index (χ0v) is 19.7. The van der Waals surface area contributed by atoms with Crippen molar-refractivity contribution in [2.24, 2.45) is 5.73 Å². The van der Waals surface area contributed by atoms with Crippen molar-refractivity contribution in [3.05, 3.63) is 77.4 Å². The number of benzene rings is 3. The minimum atomic E-state index is -0.279. The predicted octanol–water partition coefficient (Wildman–Crippen LogP) is 3.70. The number of nitrogens with two attached hydrogens (primary N) is 1. The van der Waals surface area contributed by atoms with Gasteiger partial charge in [-0.3, -0.25) is 10.2 Å². The topological polar surface area (TPSA) is 94.2 Å². The van der Waals surface area contributed by atoms with Crippen LogP contribution in [0.4, 0.5) is 5.69 Å². The molecule has 1 heterocycles. The molecule has 1 fully saturated rings. The number of fused-ring (bicyclic) bond motifs is 2. The Bertz CT molecular complexity index is 1210. The molecule has 1 aliphatic heterocycles. The number of rotatable bonds is 6. The smallest absolute Gasteiger partial charge is 0.243 e. The molecule has 34 heavy (non-hydrogen) atoms. The largest absolute Gasteiger partial charge is 0.384 e. The van der Waals surface area contributed by atoms with Crippen LogP contribution in [0.2, 0.25) is 0 Å². The lowest BCUT2D eigenvalue weighted by Crippen LogP contribution is -2.50. The molecule has 1 aliphatic carbocycles. The number of carbonyl (C=O) groups excluding carboxylic acids is 1. The molecule has 0 aromatic heterocycles. The molecule has 1 saturated carbocycles. The van der Waals surface area contributed by atoms with E-state index in [0.717, 1.165) is 36.9 Å². The predicted molar refractivity (Wildman–Crippen MR) is 138 cm³/mol. The van der Waals surface area contributed by atoms with Crippen molar-refractivity contribution in [1.29, 1.82) is 5.41 Å². The number of hydrogen-bond donors (Lipinski definition) is 4. The SMILES string of the molecule is CNC1CCC(NC(=O)C2Cc3ccc(C(=N)N)cc3N2Cc2cccc3ccccc23)CC1. The second kappa shape index (κ2) is 9.47. The molecule has 0 radical (unpaired) electrons. The molecule has 176 valence electrons. The Morgan fingerprint density at radius 2 is 1.76 bits per heavy atom. The van der Waals surface area contributed by atoms with Crippen LogP contribution in [0.1, 0.15) is 42.4 Å². The first kappa shape index (κ1) is 22.4. The highest BCUT2D eigenvalue weighted by Gasteiger charge is 2.36. The summed E-state index contributed by atoms with van der Waals surface area (Å²) in [6, 6.07) is 21.1. The Kier molecular flexibility index (Phi) is 6.24. The molecule has 1 unspecified atom stereocenters. The molecule has 5 rings (SSSR count). The van der Waals surface area contributed by atoms with Crippen LogP contribution >= 0.6 is 0 Å². The fraction of sp³-hybridized carbons (Fsp3) is 0.357. The van der Waals surface area contributed by atoms with E-state index in [-0.39, 0.29) is 23.8 Å². The zero-order chi connectivity index (χ0) is 23.7. The molecule has 3 aromatic rings. The summed E-state index contributed by atoms with van der Waals surface area (Å²) in [6.45, 7) is 0.625. The quantitative estimate of drug-likeness (QED) is 0.337. The normalized spacial score (nSPS) is 21.9. The lowest BCUT2D eigenvalue weighted by atomic mass is 9.91. The van der Waals surface area contributed by atoms with Gasteiger partial charge in [0.05, 0.1) is 0 Å². The Morgan fingerprint density at radius 3 is 2.53 bits per heavy atom. The second-order valence-corrected chi connectivity index (χ2v) is 9.59. The second-order valence-electron chi connectivity index (χ2n) is 9.59. The van der Waals surface area contributed by atoms with Gasteiger partial charge in [0, 0.05) is 36.3 Å². The minimum Gasteiger partial charge on any atom is -0.384 e. The zero-order valence-electron chi connectivity index (χ0n) is 19.7. The lowest BCUT2D eigenvalue weighted by molar-refractivity contribution is -0.123. The van der Waals surface area contributed by atoms with Gasteiger partial charge in [-0.25, -0.2) is 0 Å². The van der Waals surface area contributed by atoms with Gasteiger partial charge in [0.25, 0.3) is 0 Å². The number of nitrogens with one attached hydrogen (secondary N) is 3. The molecule has 0 spiro atoms. The molecule has 3 aromatic carbocycles. The number of nitrogen functional groups attached to an aromatic ring is 1. The van der Waals surface area contributed by atoms with E-state index in [1.807, 2.05) is 25.2 Å². The van der Waals surface area contributed by atoms with Crippen LogP contribution < -0.4 is 21.3 Å². The van der Waals surface area contributed by atoms with Crippen LogP contribution in [-0.4, -0.2) is 36.9 Å². The Morgan fingerprint density at radius 1 is 1.03 bits per heavy atom. The third-order valence-corrected chi connectivity index (χ3v) is 7.50. The van der Waals surface area contributed by atoms with Crippen LogP contribution in [0.15, 0.2) is 60.7 Å². The van der Waals surface area contributed by atoms with E-state index in [9.17, 15) is 4.79 Å². The number of anilines is 1. The standard InChI is InChI=1S/C28H33N5O/c1-31-22-11-13-23(14-12-22)32-28(34)26-15-19-9-10-20(27(29)30)16-25(19)33(26)17-21-7-4-6-18-5-2-3-8-24(18)21/h2-10,16,22-23,26,31H,11-15,17H2,1H3,(H3,29,30)(H,32,34). The highest BCUT2D eigenvalue weighted by Crippen LogP contribution is 2.36. The summed E-state index contributed by atoms with van der Waals surface area (Å²) in [5, 5.41) is 17.0. The van der Waals surface area contributed by atoms with Crippen molar-refractivity contribution in [2.45, 2.75) is 56.8 Å². The molecule has 0 saturated heterocycles. The van der Waals surface area contributed by atoms with E-state index < -0.39 is 0 Å². The monoisotopic (exact) mass is 455 g/mol. The van der Waals surface area contributed by atoms with Gasteiger partial charge in [-0.15, -0.1) is 0 Å².